The summed E-state index contributed by atoms with van der Waals surface area (Å²) in [6, 6.07) is 5.69. The first-order chi connectivity index (χ1) is 8.75. The fourth-order valence-corrected chi connectivity index (χ4v) is 2.28. The van der Waals surface area contributed by atoms with E-state index >= 15 is 0 Å². The first-order valence-corrected chi connectivity index (χ1v) is 7.72. The summed E-state index contributed by atoms with van der Waals surface area (Å²) in [6.07, 6.45) is 0. The van der Waals surface area contributed by atoms with E-state index in [4.69, 9.17) is 5.14 Å². The number of carbonyl (C=O) groups excluding carboxylic acids is 1. The van der Waals surface area contributed by atoms with E-state index in [2.05, 4.69) is 0 Å². The molecule has 0 aliphatic heterocycles. The van der Waals surface area contributed by atoms with Gasteiger partial charge in [-0.3, -0.25) is 4.79 Å². The van der Waals surface area contributed by atoms with Crippen LogP contribution in [0.25, 0.3) is 0 Å². The number of hydrogen-bond acceptors (Lipinski definition) is 3. The number of rotatable bonds is 5. The van der Waals surface area contributed by atoms with Crippen molar-refractivity contribution in [3.05, 3.63) is 29.8 Å². The lowest BCUT2D eigenvalue weighted by molar-refractivity contribution is 0.0745. The summed E-state index contributed by atoms with van der Waals surface area (Å²) in [5, 5.41) is 5.01. The van der Waals surface area contributed by atoms with Gasteiger partial charge in [0.05, 0.1) is 4.90 Å². The van der Waals surface area contributed by atoms with Crippen LogP contribution in [0.4, 0.5) is 0 Å². The van der Waals surface area contributed by atoms with Crippen LogP contribution in [0.15, 0.2) is 29.2 Å². The van der Waals surface area contributed by atoms with E-state index in [1.54, 1.807) is 4.90 Å². The maximum atomic E-state index is 12.2. The Morgan fingerprint density at radius 2 is 1.79 bits per heavy atom. The van der Waals surface area contributed by atoms with Gasteiger partial charge in [-0.25, -0.2) is 13.6 Å². The molecule has 1 amide bonds. The molecule has 5 nitrogen and oxygen atoms in total. The smallest absolute Gasteiger partial charge is 0.253 e. The zero-order chi connectivity index (χ0) is 14.6. The van der Waals surface area contributed by atoms with Gasteiger partial charge < -0.3 is 4.90 Å². The van der Waals surface area contributed by atoms with Crippen molar-refractivity contribution in [3.8, 4) is 0 Å². The normalized spacial score (nSPS) is 11.6. The standard InChI is InChI=1S/C13H20N2O3S/c1-4-15(9-10(2)3)13(16)11-5-7-12(8-6-11)19(14,17)18/h5-8,10H,4,9H2,1-3H3,(H2,14,17,18). The summed E-state index contributed by atoms with van der Waals surface area (Å²) < 4.78 is 22.3. The summed E-state index contributed by atoms with van der Waals surface area (Å²) in [7, 11) is -3.71. The molecule has 0 unspecified atom stereocenters. The molecule has 2 N–H and O–H groups in total. The predicted octanol–water partition coefficient (Wildman–Crippen LogP) is 1.45. The Labute approximate surface area is 114 Å². The van der Waals surface area contributed by atoms with E-state index in [0.717, 1.165) is 0 Å². The Bertz CT molecular complexity index is 536. The minimum atomic E-state index is -3.71. The van der Waals surface area contributed by atoms with Crippen molar-refractivity contribution in [1.29, 1.82) is 0 Å². The van der Waals surface area contributed by atoms with Crippen molar-refractivity contribution >= 4 is 15.9 Å². The Hall–Kier alpha value is -1.40. The molecule has 1 rings (SSSR count). The largest absolute Gasteiger partial charge is 0.339 e. The number of benzene rings is 1. The van der Waals surface area contributed by atoms with Crippen LogP contribution in [-0.2, 0) is 10.0 Å². The van der Waals surface area contributed by atoms with Crippen molar-refractivity contribution in [3.63, 3.8) is 0 Å². The van der Waals surface area contributed by atoms with E-state index in [-0.39, 0.29) is 10.8 Å². The van der Waals surface area contributed by atoms with Crippen molar-refractivity contribution in [2.24, 2.45) is 11.1 Å². The molecular weight excluding hydrogens is 264 g/mol. The number of sulfonamides is 1. The van der Waals surface area contributed by atoms with E-state index in [1.807, 2.05) is 20.8 Å². The minimum absolute atomic E-state index is 0.0101. The lowest BCUT2D eigenvalue weighted by Crippen LogP contribution is -2.34. The number of amides is 1. The molecule has 0 atom stereocenters. The Morgan fingerprint density at radius 3 is 2.16 bits per heavy atom. The molecule has 19 heavy (non-hydrogen) atoms. The van der Waals surface area contributed by atoms with Gasteiger partial charge in [0.1, 0.15) is 0 Å². The number of nitrogens with zero attached hydrogens (tertiary/aromatic N) is 1. The molecule has 0 aliphatic carbocycles. The van der Waals surface area contributed by atoms with Gasteiger partial charge in [-0.2, -0.15) is 0 Å². The van der Waals surface area contributed by atoms with Crippen LogP contribution < -0.4 is 5.14 Å². The Balaban J connectivity index is 2.94. The van der Waals surface area contributed by atoms with Crippen molar-refractivity contribution in [1.82, 2.24) is 4.90 Å². The summed E-state index contributed by atoms with van der Waals surface area (Å²) in [5.74, 6) is 0.282. The molecule has 0 bridgehead atoms. The molecule has 0 fully saturated rings. The first-order valence-electron chi connectivity index (χ1n) is 6.17. The van der Waals surface area contributed by atoms with Crippen molar-refractivity contribution in [2.45, 2.75) is 25.7 Å². The highest BCUT2D eigenvalue weighted by Gasteiger charge is 2.16. The van der Waals surface area contributed by atoms with E-state index in [1.165, 1.54) is 24.3 Å². The average Bonchev–Trinajstić information content (AvgIpc) is 2.34. The third-order valence-corrected chi connectivity index (χ3v) is 3.61. The van der Waals surface area contributed by atoms with Gasteiger partial charge in [-0.05, 0) is 37.1 Å². The van der Waals surface area contributed by atoms with Gasteiger partial charge in [0.15, 0.2) is 0 Å². The molecule has 0 heterocycles. The Morgan fingerprint density at radius 1 is 1.26 bits per heavy atom. The monoisotopic (exact) mass is 284 g/mol. The SMILES string of the molecule is CCN(CC(C)C)C(=O)c1ccc(S(N)(=O)=O)cc1. The highest BCUT2D eigenvalue weighted by atomic mass is 32.2. The maximum Gasteiger partial charge on any atom is 0.253 e. The highest BCUT2D eigenvalue weighted by molar-refractivity contribution is 7.89. The van der Waals surface area contributed by atoms with Gasteiger partial charge in [-0.1, -0.05) is 13.8 Å². The zero-order valence-corrected chi connectivity index (χ0v) is 12.3. The second kappa shape index (κ2) is 6.16. The molecule has 0 aromatic heterocycles. The van der Waals surface area contributed by atoms with Gasteiger partial charge in [0.25, 0.3) is 5.91 Å². The van der Waals surface area contributed by atoms with Crippen molar-refractivity contribution in [2.75, 3.05) is 13.1 Å². The summed E-state index contributed by atoms with van der Waals surface area (Å²) in [5.41, 5.74) is 0.468. The van der Waals surface area contributed by atoms with Crippen molar-refractivity contribution < 1.29 is 13.2 Å². The van der Waals surface area contributed by atoms with Crippen LogP contribution >= 0.6 is 0 Å². The molecule has 0 saturated carbocycles. The second-order valence-electron chi connectivity index (χ2n) is 4.81. The number of nitrogens with two attached hydrogens (primary N) is 1. The molecular formula is C13H20N2O3S. The first kappa shape index (κ1) is 15.7. The van der Waals surface area contributed by atoms with E-state index in [9.17, 15) is 13.2 Å². The molecule has 0 radical (unpaired) electrons. The van der Waals surface area contributed by atoms with E-state index < -0.39 is 10.0 Å². The lowest BCUT2D eigenvalue weighted by Gasteiger charge is -2.23. The topological polar surface area (TPSA) is 80.5 Å². The maximum absolute atomic E-state index is 12.2. The van der Waals surface area contributed by atoms with Crippen LogP contribution in [0.3, 0.4) is 0 Å². The van der Waals surface area contributed by atoms with Crippen LogP contribution in [0.5, 0.6) is 0 Å². The average molecular weight is 284 g/mol. The van der Waals surface area contributed by atoms with E-state index in [0.29, 0.717) is 24.6 Å². The summed E-state index contributed by atoms with van der Waals surface area (Å²) in [4.78, 5) is 14.0. The van der Waals surface area contributed by atoms with Gasteiger partial charge in [0.2, 0.25) is 10.0 Å². The molecule has 0 saturated heterocycles. The van der Waals surface area contributed by atoms with Crippen LogP contribution in [-0.4, -0.2) is 32.3 Å². The van der Waals surface area contributed by atoms with Crippen LogP contribution in [0, 0.1) is 5.92 Å². The molecule has 0 spiro atoms. The number of hydrogen-bond donors (Lipinski definition) is 1. The lowest BCUT2D eigenvalue weighted by atomic mass is 10.1. The van der Waals surface area contributed by atoms with Gasteiger partial charge in [0, 0.05) is 18.7 Å². The number of carbonyl (C=O) groups is 1. The second-order valence-corrected chi connectivity index (χ2v) is 6.37. The molecule has 0 aliphatic rings. The van der Waals surface area contributed by atoms with Crippen LogP contribution in [0.1, 0.15) is 31.1 Å². The third-order valence-electron chi connectivity index (χ3n) is 2.68. The third kappa shape index (κ3) is 4.33. The fraction of sp³-hybridized carbons (Fsp3) is 0.462. The molecule has 1 aromatic carbocycles. The molecule has 1 aromatic rings. The summed E-state index contributed by atoms with van der Waals surface area (Å²) >= 11 is 0. The minimum Gasteiger partial charge on any atom is -0.339 e. The van der Waals surface area contributed by atoms with Crippen LogP contribution in [0.2, 0.25) is 0 Å². The zero-order valence-electron chi connectivity index (χ0n) is 11.5. The summed E-state index contributed by atoms with van der Waals surface area (Å²) in [6.45, 7) is 7.29. The van der Waals surface area contributed by atoms with Gasteiger partial charge in [-0.15, -0.1) is 0 Å². The molecule has 106 valence electrons. The number of primary sulfonamides is 1. The highest BCUT2D eigenvalue weighted by Crippen LogP contribution is 2.12. The van der Waals surface area contributed by atoms with Gasteiger partial charge >= 0.3 is 0 Å². The quantitative estimate of drug-likeness (QED) is 0.888. The predicted molar refractivity (Wildman–Crippen MR) is 74.2 cm³/mol. The fourth-order valence-electron chi connectivity index (χ4n) is 1.77. The molecule has 6 heteroatoms. The Kier molecular flexibility index (Phi) is 5.08.